The zero-order valence-corrected chi connectivity index (χ0v) is 9.53. The maximum Gasteiger partial charge on any atom is 0.374 e. The summed E-state index contributed by atoms with van der Waals surface area (Å²) in [6, 6.07) is 0.861. The number of carboxylic acid groups (broad SMARTS) is 1. The van der Waals surface area contributed by atoms with E-state index in [0.717, 1.165) is 11.0 Å². The number of aromatic nitrogens is 1. The Labute approximate surface area is 105 Å². The van der Waals surface area contributed by atoms with E-state index in [1.54, 1.807) is 0 Å². The van der Waals surface area contributed by atoms with Crippen LogP contribution < -0.4 is 11.5 Å². The second-order valence-electron chi connectivity index (χ2n) is 3.48. The molecule has 0 aliphatic carbocycles. The Hall–Kier alpha value is -2.91. The summed E-state index contributed by atoms with van der Waals surface area (Å²) in [4.78, 5) is 44.7. The van der Waals surface area contributed by atoms with E-state index < -0.39 is 42.5 Å². The Morgan fingerprint density at radius 3 is 2.11 bits per heavy atom. The quantitative estimate of drug-likeness (QED) is 0.525. The lowest BCUT2D eigenvalue weighted by molar-refractivity contribution is -0.121. The average molecular weight is 270 g/mol. The zero-order valence-electron chi connectivity index (χ0n) is 9.53. The van der Waals surface area contributed by atoms with Crippen LogP contribution in [0, 0.1) is 0 Å². The average Bonchev–Trinajstić information content (AvgIpc) is 2.75. The topological polar surface area (TPSA) is 170 Å². The van der Waals surface area contributed by atoms with Crippen molar-refractivity contribution >= 4 is 23.7 Å². The molecule has 0 saturated carbocycles. The highest BCUT2D eigenvalue weighted by Gasteiger charge is 2.24. The minimum absolute atomic E-state index is 0.375. The van der Waals surface area contributed by atoms with Crippen LogP contribution in [0.5, 0.6) is 0 Å². The number of carbonyl (C=O) groups is 4. The number of carboxylic acids is 1. The summed E-state index contributed by atoms with van der Waals surface area (Å²) in [5, 5.41) is 11.8. The number of amides is 3. The Morgan fingerprint density at radius 1 is 1.21 bits per heavy atom. The third-order valence-electron chi connectivity index (χ3n) is 1.92. The molecule has 1 aromatic heterocycles. The molecule has 10 heteroatoms. The Bertz CT molecular complexity index is 521. The molecule has 0 unspecified atom stereocenters. The van der Waals surface area contributed by atoms with E-state index in [0.29, 0.717) is 0 Å². The highest BCUT2D eigenvalue weighted by molar-refractivity contribution is 5.98. The first-order valence-electron chi connectivity index (χ1n) is 4.87. The summed E-state index contributed by atoms with van der Waals surface area (Å²) in [6.45, 7) is -1.12. The number of hydrogen-bond donors (Lipinski definition) is 3. The van der Waals surface area contributed by atoms with E-state index in [-0.39, 0.29) is 5.69 Å². The van der Waals surface area contributed by atoms with Gasteiger partial charge in [-0.25, -0.2) is 4.79 Å². The van der Waals surface area contributed by atoms with Crippen molar-refractivity contribution in [2.75, 3.05) is 13.1 Å². The van der Waals surface area contributed by atoms with Crippen molar-refractivity contribution in [1.29, 1.82) is 0 Å². The first-order chi connectivity index (χ1) is 8.81. The van der Waals surface area contributed by atoms with E-state index in [2.05, 4.69) is 9.68 Å². The molecule has 0 aromatic carbocycles. The maximum absolute atomic E-state index is 11.8. The summed E-state index contributed by atoms with van der Waals surface area (Å²) >= 11 is 0. The van der Waals surface area contributed by atoms with Crippen molar-refractivity contribution in [3.8, 4) is 0 Å². The van der Waals surface area contributed by atoms with Gasteiger partial charge in [0.05, 0.1) is 0 Å². The number of nitrogens with two attached hydrogens (primary N) is 2. The van der Waals surface area contributed by atoms with Gasteiger partial charge in [-0.05, 0) is 0 Å². The first kappa shape index (κ1) is 14.2. The maximum atomic E-state index is 11.8. The van der Waals surface area contributed by atoms with Crippen molar-refractivity contribution in [2.24, 2.45) is 11.5 Å². The van der Waals surface area contributed by atoms with Gasteiger partial charge in [-0.2, -0.15) is 0 Å². The molecule has 0 radical (unpaired) electrons. The summed E-state index contributed by atoms with van der Waals surface area (Å²) in [5.74, 6) is -4.59. The molecule has 1 heterocycles. The number of primary amides is 2. The largest absolute Gasteiger partial charge is 0.475 e. The van der Waals surface area contributed by atoms with Crippen LogP contribution in [-0.4, -0.2) is 51.9 Å². The van der Waals surface area contributed by atoms with Crippen LogP contribution in [0.1, 0.15) is 21.0 Å². The van der Waals surface area contributed by atoms with Crippen LogP contribution in [-0.2, 0) is 9.59 Å². The van der Waals surface area contributed by atoms with Crippen molar-refractivity contribution in [3.05, 3.63) is 17.5 Å². The smallest absolute Gasteiger partial charge is 0.374 e. The van der Waals surface area contributed by atoms with E-state index in [4.69, 9.17) is 16.6 Å². The van der Waals surface area contributed by atoms with Crippen LogP contribution in [0.25, 0.3) is 0 Å². The van der Waals surface area contributed by atoms with Crippen LogP contribution >= 0.6 is 0 Å². The molecule has 0 atom stereocenters. The second-order valence-corrected chi connectivity index (χ2v) is 3.48. The fourth-order valence-electron chi connectivity index (χ4n) is 1.21. The molecular weight excluding hydrogens is 260 g/mol. The molecule has 1 aromatic rings. The summed E-state index contributed by atoms with van der Waals surface area (Å²) < 4.78 is 4.38. The molecule has 102 valence electrons. The Morgan fingerprint density at radius 2 is 1.74 bits per heavy atom. The molecule has 1 rings (SSSR count). The van der Waals surface area contributed by atoms with Crippen LogP contribution in [0.2, 0.25) is 0 Å². The zero-order chi connectivity index (χ0) is 14.6. The van der Waals surface area contributed by atoms with Gasteiger partial charge in [0.15, 0.2) is 5.69 Å². The van der Waals surface area contributed by atoms with Crippen molar-refractivity contribution < 1.29 is 28.8 Å². The van der Waals surface area contributed by atoms with Gasteiger partial charge < -0.3 is 26.0 Å². The van der Waals surface area contributed by atoms with Crippen molar-refractivity contribution in [2.45, 2.75) is 0 Å². The molecule has 19 heavy (non-hydrogen) atoms. The highest BCUT2D eigenvalue weighted by Crippen LogP contribution is 2.07. The van der Waals surface area contributed by atoms with Gasteiger partial charge in [-0.1, -0.05) is 5.16 Å². The van der Waals surface area contributed by atoms with E-state index >= 15 is 0 Å². The number of aromatic carboxylic acids is 1. The fourth-order valence-corrected chi connectivity index (χ4v) is 1.21. The van der Waals surface area contributed by atoms with Gasteiger partial charge in [0.1, 0.15) is 13.1 Å². The Balaban J connectivity index is 2.93. The number of hydrogen-bond acceptors (Lipinski definition) is 6. The van der Waals surface area contributed by atoms with E-state index in [9.17, 15) is 19.2 Å². The number of nitrogens with zero attached hydrogens (tertiary/aromatic N) is 2. The molecule has 3 amide bonds. The standard InChI is InChI=1S/C9H10N4O6/c10-6(14)2-13(3-7(11)15)8(16)4-1-5(9(17)18)19-12-4/h1H,2-3H2,(H2,10,14)(H2,11,15)(H,17,18). The minimum atomic E-state index is -1.41. The highest BCUT2D eigenvalue weighted by atomic mass is 16.5. The van der Waals surface area contributed by atoms with Crippen LogP contribution in [0.3, 0.4) is 0 Å². The predicted molar refractivity (Wildman–Crippen MR) is 57.8 cm³/mol. The molecule has 0 aliphatic heterocycles. The lowest BCUT2D eigenvalue weighted by Crippen LogP contribution is -2.43. The molecule has 0 bridgehead atoms. The SMILES string of the molecule is NC(=O)CN(CC(N)=O)C(=O)c1cc(C(=O)O)on1. The van der Waals surface area contributed by atoms with Crippen molar-refractivity contribution in [1.82, 2.24) is 10.1 Å². The molecule has 5 N–H and O–H groups in total. The molecular formula is C9H10N4O6. The first-order valence-corrected chi connectivity index (χ1v) is 4.87. The number of rotatable bonds is 6. The normalized spacial score (nSPS) is 9.89. The van der Waals surface area contributed by atoms with Gasteiger partial charge in [0.25, 0.3) is 5.91 Å². The number of carbonyl (C=O) groups excluding carboxylic acids is 3. The molecule has 0 saturated heterocycles. The van der Waals surface area contributed by atoms with Crippen LogP contribution in [0.15, 0.2) is 10.6 Å². The van der Waals surface area contributed by atoms with Gasteiger partial charge in [-0.15, -0.1) is 0 Å². The minimum Gasteiger partial charge on any atom is -0.475 e. The van der Waals surface area contributed by atoms with Crippen molar-refractivity contribution in [3.63, 3.8) is 0 Å². The molecule has 0 fully saturated rings. The monoisotopic (exact) mass is 270 g/mol. The second kappa shape index (κ2) is 5.62. The molecule has 0 aliphatic rings. The lowest BCUT2D eigenvalue weighted by Gasteiger charge is -2.17. The van der Waals surface area contributed by atoms with Gasteiger partial charge in [0, 0.05) is 6.07 Å². The molecule has 0 spiro atoms. The fraction of sp³-hybridized carbons (Fsp3) is 0.222. The van der Waals surface area contributed by atoms with Gasteiger partial charge >= 0.3 is 5.97 Å². The molecule has 10 nitrogen and oxygen atoms in total. The van der Waals surface area contributed by atoms with Gasteiger partial charge in [0.2, 0.25) is 17.6 Å². The van der Waals surface area contributed by atoms with E-state index in [1.807, 2.05) is 0 Å². The predicted octanol–water partition coefficient (Wildman–Crippen LogP) is -2.21. The summed E-state index contributed by atoms with van der Waals surface area (Å²) in [5.41, 5.74) is 9.46. The van der Waals surface area contributed by atoms with Crippen LogP contribution in [0.4, 0.5) is 0 Å². The van der Waals surface area contributed by atoms with Gasteiger partial charge in [-0.3, -0.25) is 14.4 Å². The third kappa shape index (κ3) is 3.80. The summed E-state index contributed by atoms with van der Waals surface area (Å²) in [7, 11) is 0. The third-order valence-corrected chi connectivity index (χ3v) is 1.92. The summed E-state index contributed by atoms with van der Waals surface area (Å²) in [6.07, 6.45) is 0. The Kier molecular flexibility index (Phi) is 4.19. The lowest BCUT2D eigenvalue weighted by atomic mass is 10.3. The van der Waals surface area contributed by atoms with E-state index in [1.165, 1.54) is 0 Å².